The van der Waals surface area contributed by atoms with Crippen LogP contribution in [0, 0.1) is 10.1 Å². The molecule has 0 aliphatic heterocycles. The molecule has 0 saturated carbocycles. The monoisotopic (exact) mass is 304 g/mol. The van der Waals surface area contributed by atoms with Crippen LogP contribution in [0.15, 0.2) is 52.8 Å². The number of rotatable bonds is 3. The predicted octanol–water partition coefficient (Wildman–Crippen LogP) is 1.70. The molecule has 0 bridgehead atoms. The van der Waals surface area contributed by atoms with Crippen molar-refractivity contribution in [2.24, 2.45) is 0 Å². The van der Waals surface area contributed by atoms with Gasteiger partial charge in [0.15, 0.2) is 5.03 Å². The second kappa shape index (κ2) is 4.63. The third-order valence-electron chi connectivity index (χ3n) is 2.83. The van der Waals surface area contributed by atoms with E-state index >= 15 is 0 Å². The number of aromatic amines is 1. The van der Waals surface area contributed by atoms with E-state index in [4.69, 9.17) is 0 Å². The van der Waals surface area contributed by atoms with Gasteiger partial charge >= 0.3 is 0 Å². The van der Waals surface area contributed by atoms with Crippen LogP contribution >= 0.6 is 0 Å². The highest BCUT2D eigenvalue weighted by Gasteiger charge is 2.24. The molecule has 0 aliphatic carbocycles. The zero-order chi connectivity index (χ0) is 15.0. The number of imidazole rings is 1. The maximum absolute atomic E-state index is 12.4. The van der Waals surface area contributed by atoms with E-state index in [1.54, 1.807) is 24.3 Å². The van der Waals surface area contributed by atoms with Crippen LogP contribution in [0.1, 0.15) is 0 Å². The summed E-state index contributed by atoms with van der Waals surface area (Å²) in [4.78, 5) is 20.2. The van der Waals surface area contributed by atoms with Gasteiger partial charge in [-0.1, -0.05) is 12.1 Å². The molecule has 0 saturated heterocycles. The summed E-state index contributed by atoms with van der Waals surface area (Å²) in [6.45, 7) is 0. The molecule has 3 aromatic rings. The average Bonchev–Trinajstić information content (AvgIpc) is 2.92. The van der Waals surface area contributed by atoms with E-state index in [0.29, 0.717) is 11.0 Å². The number of pyridine rings is 1. The summed E-state index contributed by atoms with van der Waals surface area (Å²) in [5.41, 5.74) is 0.814. The molecule has 0 atom stereocenters. The molecule has 2 heterocycles. The summed E-state index contributed by atoms with van der Waals surface area (Å²) in [7, 11) is -3.94. The van der Waals surface area contributed by atoms with Crippen LogP contribution in [0.25, 0.3) is 11.0 Å². The molecule has 1 N–H and O–H groups in total. The zero-order valence-electron chi connectivity index (χ0n) is 10.4. The molecule has 0 aliphatic rings. The highest BCUT2D eigenvalue weighted by atomic mass is 32.2. The van der Waals surface area contributed by atoms with E-state index in [-0.39, 0.29) is 15.9 Å². The number of fused-ring (bicyclic) bond motifs is 1. The average molecular weight is 304 g/mol. The van der Waals surface area contributed by atoms with Gasteiger partial charge in [0.2, 0.25) is 5.16 Å². The van der Waals surface area contributed by atoms with E-state index in [1.807, 2.05) is 0 Å². The van der Waals surface area contributed by atoms with Gasteiger partial charge in [-0.15, -0.1) is 0 Å². The number of nitrogens with one attached hydrogen (secondary N) is 1. The van der Waals surface area contributed by atoms with Gasteiger partial charge in [0.05, 0.1) is 16.0 Å². The number of benzene rings is 1. The van der Waals surface area contributed by atoms with Gasteiger partial charge in [-0.2, -0.15) is 0 Å². The maximum Gasteiger partial charge on any atom is 0.287 e. The van der Waals surface area contributed by atoms with E-state index in [9.17, 15) is 18.5 Å². The second-order valence-electron chi connectivity index (χ2n) is 4.17. The molecule has 21 heavy (non-hydrogen) atoms. The summed E-state index contributed by atoms with van der Waals surface area (Å²) < 4.78 is 24.7. The van der Waals surface area contributed by atoms with Crippen molar-refractivity contribution < 1.29 is 13.3 Å². The molecule has 0 unspecified atom stereocenters. The lowest BCUT2D eigenvalue weighted by Crippen LogP contribution is -2.06. The Bertz CT molecular complexity index is 898. The minimum atomic E-state index is -3.94. The van der Waals surface area contributed by atoms with Crippen molar-refractivity contribution in [2.45, 2.75) is 10.2 Å². The zero-order valence-corrected chi connectivity index (χ0v) is 11.2. The summed E-state index contributed by atoms with van der Waals surface area (Å²) in [5, 5.41) is 10.0. The van der Waals surface area contributed by atoms with Crippen LogP contribution < -0.4 is 0 Å². The number of hydrogen-bond acceptors (Lipinski definition) is 6. The lowest BCUT2D eigenvalue weighted by atomic mass is 10.3. The van der Waals surface area contributed by atoms with Crippen LogP contribution in [0.3, 0.4) is 0 Å². The molecule has 0 fully saturated rings. The molecule has 0 spiro atoms. The molecule has 8 nitrogen and oxygen atoms in total. The highest BCUT2D eigenvalue weighted by molar-refractivity contribution is 7.91. The topological polar surface area (TPSA) is 119 Å². The van der Waals surface area contributed by atoms with Gasteiger partial charge in [-0.05, 0) is 18.2 Å². The Morgan fingerprint density at radius 3 is 2.52 bits per heavy atom. The minimum absolute atomic E-state index is 0.245. The van der Waals surface area contributed by atoms with E-state index in [1.165, 1.54) is 0 Å². The van der Waals surface area contributed by atoms with Crippen molar-refractivity contribution in [2.75, 3.05) is 0 Å². The van der Waals surface area contributed by atoms with Crippen LogP contribution in [-0.2, 0) is 9.84 Å². The Hall–Kier alpha value is -2.81. The fourth-order valence-electron chi connectivity index (χ4n) is 1.80. The maximum atomic E-state index is 12.4. The van der Waals surface area contributed by atoms with Gasteiger partial charge in [-0.25, -0.2) is 18.4 Å². The van der Waals surface area contributed by atoms with Crippen molar-refractivity contribution in [1.29, 1.82) is 0 Å². The fourth-order valence-corrected chi connectivity index (χ4v) is 2.89. The number of hydrogen-bond donors (Lipinski definition) is 1. The van der Waals surface area contributed by atoms with Crippen molar-refractivity contribution in [3.63, 3.8) is 0 Å². The van der Waals surface area contributed by atoms with Crippen LogP contribution in [-0.4, -0.2) is 28.3 Å². The molecule has 2 aromatic heterocycles. The Labute approximate surface area is 118 Å². The number of aromatic nitrogens is 3. The van der Waals surface area contributed by atoms with Gasteiger partial charge in [0.1, 0.15) is 6.20 Å². The largest absolute Gasteiger partial charge is 0.328 e. The van der Waals surface area contributed by atoms with E-state index in [2.05, 4.69) is 15.0 Å². The second-order valence-corrected chi connectivity index (χ2v) is 5.99. The number of para-hydroxylation sites is 2. The third-order valence-corrected chi connectivity index (χ3v) is 4.32. The molecule has 0 radical (unpaired) electrons. The lowest BCUT2D eigenvalue weighted by Gasteiger charge is -1.99. The molecule has 0 amide bonds. The minimum Gasteiger partial charge on any atom is -0.328 e. The molecule has 3 rings (SSSR count). The molecule has 9 heteroatoms. The normalized spacial score (nSPS) is 11.6. The summed E-state index contributed by atoms with van der Waals surface area (Å²) in [5.74, 6) is 0. The fraction of sp³-hybridized carbons (Fsp3) is 0. The smallest absolute Gasteiger partial charge is 0.287 e. The summed E-state index contributed by atoms with van der Waals surface area (Å²) >= 11 is 0. The van der Waals surface area contributed by atoms with Gasteiger partial charge in [-0.3, -0.25) is 10.1 Å². The number of nitrogens with zero attached hydrogens (tertiary/aromatic N) is 3. The molecule has 106 valence electrons. The van der Waals surface area contributed by atoms with Crippen LogP contribution in [0.2, 0.25) is 0 Å². The summed E-state index contributed by atoms with van der Waals surface area (Å²) in [6, 6.07) is 9.03. The Balaban J connectivity index is 2.09. The van der Waals surface area contributed by atoms with Crippen LogP contribution in [0.4, 0.5) is 5.69 Å². The van der Waals surface area contributed by atoms with Crippen molar-refractivity contribution in [3.8, 4) is 0 Å². The number of H-pyrrole nitrogens is 1. The highest BCUT2D eigenvalue weighted by Crippen LogP contribution is 2.21. The van der Waals surface area contributed by atoms with Gasteiger partial charge in [0, 0.05) is 6.07 Å². The first-order valence-corrected chi connectivity index (χ1v) is 7.27. The number of sulfone groups is 1. The quantitative estimate of drug-likeness (QED) is 0.581. The van der Waals surface area contributed by atoms with Crippen molar-refractivity contribution >= 4 is 26.6 Å². The Kier molecular flexibility index (Phi) is 2.91. The molecule has 1 aromatic carbocycles. The lowest BCUT2D eigenvalue weighted by molar-refractivity contribution is -0.385. The predicted molar refractivity (Wildman–Crippen MR) is 72.4 cm³/mol. The molecular formula is C12H8N4O4S. The standard InChI is InChI=1S/C12H8N4O4S/c17-16(18)8-5-6-11(13-7-8)21(19,20)12-14-9-3-1-2-4-10(9)15-12/h1-7H,(H,14,15). The first kappa shape index (κ1) is 13.2. The van der Waals surface area contributed by atoms with E-state index in [0.717, 1.165) is 18.3 Å². The van der Waals surface area contributed by atoms with Gasteiger partial charge < -0.3 is 4.98 Å². The van der Waals surface area contributed by atoms with E-state index < -0.39 is 14.8 Å². The first-order chi connectivity index (χ1) is 9.98. The molecular weight excluding hydrogens is 296 g/mol. The summed E-state index contributed by atoms with van der Waals surface area (Å²) in [6.07, 6.45) is 0.898. The van der Waals surface area contributed by atoms with Crippen molar-refractivity contribution in [1.82, 2.24) is 15.0 Å². The number of nitro groups is 1. The van der Waals surface area contributed by atoms with Crippen molar-refractivity contribution in [3.05, 3.63) is 52.7 Å². The first-order valence-electron chi connectivity index (χ1n) is 5.79. The Morgan fingerprint density at radius 2 is 1.90 bits per heavy atom. The SMILES string of the molecule is O=[N+]([O-])c1ccc(S(=O)(=O)c2nc3ccccc3[nH]2)nc1. The van der Waals surface area contributed by atoms with Crippen LogP contribution in [0.5, 0.6) is 0 Å². The third kappa shape index (κ3) is 2.23. The Morgan fingerprint density at radius 1 is 1.14 bits per heavy atom. The van der Waals surface area contributed by atoms with Gasteiger partial charge in [0.25, 0.3) is 15.5 Å².